The molecule has 0 bridgehead atoms. The van der Waals surface area contributed by atoms with E-state index in [4.69, 9.17) is 14.2 Å². The van der Waals surface area contributed by atoms with Crippen molar-refractivity contribution in [2.45, 2.75) is 50.7 Å². The highest BCUT2D eigenvalue weighted by molar-refractivity contribution is 5.96. The van der Waals surface area contributed by atoms with Crippen LogP contribution in [0.1, 0.15) is 49.4 Å². The quantitative estimate of drug-likeness (QED) is 0.414. The minimum Gasteiger partial charge on any atom is -0.493 e. The van der Waals surface area contributed by atoms with Crippen LogP contribution in [0.5, 0.6) is 11.5 Å². The number of benzene rings is 1. The first-order valence-electron chi connectivity index (χ1n) is 9.11. The molecule has 0 aromatic heterocycles. The summed E-state index contributed by atoms with van der Waals surface area (Å²) in [4.78, 5) is 35.6. The van der Waals surface area contributed by atoms with Crippen molar-refractivity contribution in [3.05, 3.63) is 27.8 Å². The number of esters is 1. The van der Waals surface area contributed by atoms with Gasteiger partial charge in [-0.15, -0.1) is 0 Å². The highest BCUT2D eigenvalue weighted by Gasteiger charge is 2.36. The van der Waals surface area contributed by atoms with Crippen LogP contribution in [0, 0.1) is 21.4 Å². The molecular weight excluding hydrogens is 382 g/mol. The van der Waals surface area contributed by atoms with Gasteiger partial charge in [-0.2, -0.15) is 5.26 Å². The smallest absolute Gasteiger partial charge is 0.346 e. The minimum absolute atomic E-state index is 0.0785. The van der Waals surface area contributed by atoms with Gasteiger partial charge < -0.3 is 19.5 Å². The molecule has 1 fully saturated rings. The summed E-state index contributed by atoms with van der Waals surface area (Å²) in [6, 6.07) is 4.32. The number of nitrogens with one attached hydrogen (secondary N) is 1. The molecule has 0 unspecified atom stereocenters. The van der Waals surface area contributed by atoms with Crippen molar-refractivity contribution >= 4 is 17.6 Å². The number of methoxy groups -OCH3 is 2. The van der Waals surface area contributed by atoms with Crippen molar-refractivity contribution in [3.8, 4) is 17.6 Å². The van der Waals surface area contributed by atoms with Gasteiger partial charge in [-0.25, -0.2) is 4.79 Å². The molecule has 1 amide bonds. The summed E-state index contributed by atoms with van der Waals surface area (Å²) in [7, 11) is 2.63. The summed E-state index contributed by atoms with van der Waals surface area (Å²) in [5.74, 6) is -1.51. The van der Waals surface area contributed by atoms with Crippen LogP contribution in [0.2, 0.25) is 0 Å². The monoisotopic (exact) mass is 405 g/mol. The Hall–Kier alpha value is -3.35. The van der Waals surface area contributed by atoms with E-state index < -0.39 is 34.1 Å². The lowest BCUT2D eigenvalue weighted by molar-refractivity contribution is -0.385. The van der Waals surface area contributed by atoms with Crippen LogP contribution in [0.15, 0.2) is 12.1 Å². The number of rotatable bonds is 7. The van der Waals surface area contributed by atoms with Gasteiger partial charge in [-0.05, 0) is 19.8 Å². The first-order valence-corrected chi connectivity index (χ1v) is 9.11. The summed E-state index contributed by atoms with van der Waals surface area (Å²) in [5.41, 5.74) is -1.90. The molecule has 1 aliphatic rings. The van der Waals surface area contributed by atoms with E-state index in [1.807, 2.05) is 0 Å². The zero-order chi connectivity index (χ0) is 21.6. The van der Waals surface area contributed by atoms with Crippen molar-refractivity contribution in [2.24, 2.45) is 0 Å². The Labute approximate surface area is 167 Å². The highest BCUT2D eigenvalue weighted by atomic mass is 16.6. The van der Waals surface area contributed by atoms with Gasteiger partial charge in [0, 0.05) is 6.07 Å². The summed E-state index contributed by atoms with van der Waals surface area (Å²) in [6.45, 7) is 1.34. The van der Waals surface area contributed by atoms with E-state index in [1.165, 1.54) is 21.1 Å². The number of nitro benzene ring substituents is 1. The SMILES string of the molecule is COc1cc(C(=O)O[C@@H](C)C(=O)NC2(C#N)CCCCC2)c([N+](=O)[O-])cc1OC. The molecular formula is C19H23N3O7. The lowest BCUT2D eigenvalue weighted by atomic mass is 9.83. The number of amides is 1. The molecule has 1 atom stereocenters. The maximum absolute atomic E-state index is 12.5. The molecule has 10 heteroatoms. The van der Waals surface area contributed by atoms with Crippen LogP contribution in [0.3, 0.4) is 0 Å². The number of nitrogens with zero attached hydrogens (tertiary/aromatic N) is 2. The molecule has 0 saturated heterocycles. The maximum Gasteiger partial charge on any atom is 0.346 e. The number of carbonyl (C=O) groups is 2. The Morgan fingerprint density at radius 1 is 1.21 bits per heavy atom. The average molecular weight is 405 g/mol. The zero-order valence-electron chi connectivity index (χ0n) is 16.5. The average Bonchev–Trinajstić information content (AvgIpc) is 2.72. The molecule has 1 N–H and O–H groups in total. The highest BCUT2D eigenvalue weighted by Crippen LogP contribution is 2.35. The topological polar surface area (TPSA) is 141 Å². The molecule has 156 valence electrons. The van der Waals surface area contributed by atoms with E-state index in [9.17, 15) is 25.0 Å². The van der Waals surface area contributed by atoms with Gasteiger partial charge in [0.15, 0.2) is 17.6 Å². The third-order valence-electron chi connectivity index (χ3n) is 4.86. The summed E-state index contributed by atoms with van der Waals surface area (Å²) in [6.07, 6.45) is 2.43. The molecule has 0 spiro atoms. The Morgan fingerprint density at radius 2 is 1.79 bits per heavy atom. The Balaban J connectivity index is 2.19. The molecule has 0 radical (unpaired) electrons. The second-order valence-corrected chi connectivity index (χ2v) is 6.77. The fourth-order valence-electron chi connectivity index (χ4n) is 3.22. The normalized spacial score (nSPS) is 16.1. The number of nitro groups is 1. The van der Waals surface area contributed by atoms with Crippen LogP contribution in [0.25, 0.3) is 0 Å². The van der Waals surface area contributed by atoms with Crippen molar-refractivity contribution < 1.29 is 28.7 Å². The van der Waals surface area contributed by atoms with E-state index >= 15 is 0 Å². The Kier molecular flexibility index (Phi) is 6.98. The maximum atomic E-state index is 12.5. The number of nitriles is 1. The molecule has 1 aromatic rings. The lowest BCUT2D eigenvalue weighted by Gasteiger charge is -2.32. The second kappa shape index (κ2) is 9.23. The van der Waals surface area contributed by atoms with E-state index in [0.29, 0.717) is 12.8 Å². The third-order valence-corrected chi connectivity index (χ3v) is 4.86. The van der Waals surface area contributed by atoms with Gasteiger partial charge in [-0.3, -0.25) is 14.9 Å². The fraction of sp³-hybridized carbons (Fsp3) is 0.526. The Bertz CT molecular complexity index is 841. The predicted octanol–water partition coefficient (Wildman–Crippen LogP) is 2.50. The lowest BCUT2D eigenvalue weighted by Crippen LogP contribution is -2.52. The molecule has 29 heavy (non-hydrogen) atoms. The fourth-order valence-corrected chi connectivity index (χ4v) is 3.22. The number of carbonyl (C=O) groups excluding carboxylic acids is 2. The van der Waals surface area contributed by atoms with Gasteiger partial charge in [0.2, 0.25) is 0 Å². The standard InChI is InChI=1S/C19H23N3O7/c1-12(17(23)21-19(11-20)7-5-4-6-8-19)29-18(24)13-9-15(27-2)16(28-3)10-14(13)22(25)26/h9-10,12H,4-8H2,1-3H3,(H,21,23)/t12-/m0/s1. The van der Waals surface area contributed by atoms with Crippen LogP contribution in [0.4, 0.5) is 5.69 Å². The predicted molar refractivity (Wildman–Crippen MR) is 101 cm³/mol. The molecule has 1 saturated carbocycles. The van der Waals surface area contributed by atoms with Gasteiger partial charge in [0.1, 0.15) is 11.1 Å². The summed E-state index contributed by atoms with van der Waals surface area (Å²) < 4.78 is 15.2. The minimum atomic E-state index is -1.25. The van der Waals surface area contributed by atoms with E-state index in [-0.39, 0.29) is 17.1 Å². The van der Waals surface area contributed by atoms with E-state index in [1.54, 1.807) is 0 Å². The molecule has 2 rings (SSSR count). The van der Waals surface area contributed by atoms with E-state index in [0.717, 1.165) is 31.4 Å². The van der Waals surface area contributed by atoms with Crippen LogP contribution < -0.4 is 14.8 Å². The van der Waals surface area contributed by atoms with Gasteiger partial charge in [-0.1, -0.05) is 19.3 Å². The molecule has 1 aromatic carbocycles. The molecule has 0 aliphatic heterocycles. The van der Waals surface area contributed by atoms with Gasteiger partial charge >= 0.3 is 5.97 Å². The number of hydrogen-bond acceptors (Lipinski definition) is 8. The molecule has 10 nitrogen and oxygen atoms in total. The van der Waals surface area contributed by atoms with E-state index in [2.05, 4.69) is 11.4 Å². The van der Waals surface area contributed by atoms with Crippen LogP contribution >= 0.6 is 0 Å². The van der Waals surface area contributed by atoms with Crippen LogP contribution in [-0.4, -0.2) is 42.7 Å². The first-order chi connectivity index (χ1) is 13.8. The summed E-state index contributed by atoms with van der Waals surface area (Å²) >= 11 is 0. The summed E-state index contributed by atoms with van der Waals surface area (Å²) in [5, 5.41) is 23.5. The van der Waals surface area contributed by atoms with Crippen molar-refractivity contribution in [1.82, 2.24) is 5.32 Å². The molecule has 1 aliphatic carbocycles. The van der Waals surface area contributed by atoms with Crippen molar-refractivity contribution in [1.29, 1.82) is 5.26 Å². The van der Waals surface area contributed by atoms with Gasteiger partial charge in [0.05, 0.1) is 31.3 Å². The molecule has 0 heterocycles. The van der Waals surface area contributed by atoms with Gasteiger partial charge in [0.25, 0.3) is 11.6 Å². The number of ether oxygens (including phenoxy) is 3. The number of hydrogen-bond donors (Lipinski definition) is 1. The van der Waals surface area contributed by atoms with Crippen molar-refractivity contribution in [3.63, 3.8) is 0 Å². The van der Waals surface area contributed by atoms with Crippen molar-refractivity contribution in [2.75, 3.05) is 14.2 Å². The Morgan fingerprint density at radius 3 is 2.31 bits per heavy atom. The third kappa shape index (κ3) is 4.93. The second-order valence-electron chi connectivity index (χ2n) is 6.77. The largest absolute Gasteiger partial charge is 0.493 e. The van der Waals surface area contributed by atoms with Crippen LogP contribution in [-0.2, 0) is 9.53 Å². The zero-order valence-corrected chi connectivity index (χ0v) is 16.5. The first kappa shape index (κ1) is 21.9.